The molecule has 10 nitrogen and oxygen atoms in total. The van der Waals surface area contributed by atoms with Crippen molar-refractivity contribution in [2.45, 2.75) is 45.7 Å². The number of primary amides is 1. The molecule has 1 aromatic carbocycles. The van der Waals surface area contributed by atoms with Crippen molar-refractivity contribution in [1.82, 2.24) is 10.6 Å². The van der Waals surface area contributed by atoms with Gasteiger partial charge in [-0.25, -0.2) is 4.39 Å². The first-order valence-corrected chi connectivity index (χ1v) is 10.0. The molecule has 0 aliphatic carbocycles. The van der Waals surface area contributed by atoms with E-state index < -0.39 is 59.9 Å². The maximum atomic E-state index is 14.0. The fourth-order valence-corrected chi connectivity index (χ4v) is 2.95. The van der Waals surface area contributed by atoms with E-state index in [1.807, 2.05) is 0 Å². The van der Waals surface area contributed by atoms with Gasteiger partial charge in [0.2, 0.25) is 17.7 Å². The maximum absolute atomic E-state index is 14.0. The highest BCUT2D eigenvalue weighted by molar-refractivity contribution is 5.95. The zero-order valence-corrected chi connectivity index (χ0v) is 18.2. The van der Waals surface area contributed by atoms with Crippen molar-refractivity contribution in [2.24, 2.45) is 11.7 Å². The number of hydrogen-bond acceptors (Lipinski definition) is 7. The van der Waals surface area contributed by atoms with Gasteiger partial charge in [0.05, 0.1) is 25.6 Å². The Kier molecular flexibility index (Phi) is 10.8. The van der Waals surface area contributed by atoms with Crippen LogP contribution < -0.4 is 16.4 Å². The van der Waals surface area contributed by atoms with E-state index in [0.29, 0.717) is 0 Å². The monoisotopic (exact) mass is 453 g/mol. The highest BCUT2D eigenvalue weighted by Gasteiger charge is 2.38. The summed E-state index contributed by atoms with van der Waals surface area (Å²) < 4.78 is 23.8. The molecule has 1 rings (SSSR count). The highest BCUT2D eigenvalue weighted by atomic mass is 19.1. The zero-order valence-electron chi connectivity index (χ0n) is 18.2. The molecule has 3 atom stereocenters. The predicted octanol–water partition coefficient (Wildman–Crippen LogP) is -0.0245. The summed E-state index contributed by atoms with van der Waals surface area (Å²) in [6.45, 7) is 4.24. The van der Waals surface area contributed by atoms with E-state index in [1.54, 1.807) is 13.0 Å². The molecular formula is C21H28FN3O7. The normalized spacial score (nSPS) is 13.2. The van der Waals surface area contributed by atoms with Crippen LogP contribution in [0.4, 0.5) is 4.39 Å². The minimum absolute atomic E-state index is 0.0369. The van der Waals surface area contributed by atoms with Crippen LogP contribution in [0.1, 0.15) is 32.8 Å². The van der Waals surface area contributed by atoms with Crippen molar-refractivity contribution in [1.29, 1.82) is 0 Å². The smallest absolute Gasteiger partial charge is 0.312 e. The first kappa shape index (κ1) is 26.5. The lowest BCUT2D eigenvalue weighted by Crippen LogP contribution is -2.57. The van der Waals surface area contributed by atoms with Gasteiger partial charge in [0.1, 0.15) is 17.9 Å². The summed E-state index contributed by atoms with van der Waals surface area (Å²) in [6, 6.07) is 2.74. The lowest BCUT2D eigenvalue weighted by atomic mass is 9.94. The van der Waals surface area contributed by atoms with E-state index in [2.05, 4.69) is 10.6 Å². The summed E-state index contributed by atoms with van der Waals surface area (Å²) in [5, 5.41) is 4.67. The predicted molar refractivity (Wildman–Crippen MR) is 110 cm³/mol. The van der Waals surface area contributed by atoms with Gasteiger partial charge in [-0.15, -0.1) is 0 Å². The molecule has 0 saturated heterocycles. The van der Waals surface area contributed by atoms with Crippen molar-refractivity contribution in [3.05, 3.63) is 35.6 Å². The maximum Gasteiger partial charge on any atom is 0.312 e. The van der Waals surface area contributed by atoms with Gasteiger partial charge in [0.25, 0.3) is 0 Å². The molecule has 176 valence electrons. The van der Waals surface area contributed by atoms with Gasteiger partial charge in [-0.3, -0.25) is 24.0 Å². The molecule has 0 bridgehead atoms. The molecule has 0 aliphatic rings. The molecule has 0 unspecified atom stereocenters. The summed E-state index contributed by atoms with van der Waals surface area (Å²) in [5.74, 6) is -6.36. The Morgan fingerprint density at radius 2 is 1.66 bits per heavy atom. The number of rotatable bonds is 12. The van der Waals surface area contributed by atoms with Crippen LogP contribution in [0, 0.1) is 11.7 Å². The number of carbonyl (C=O) groups is 5. The third-order valence-electron chi connectivity index (χ3n) is 4.36. The van der Waals surface area contributed by atoms with Crippen LogP contribution >= 0.6 is 0 Å². The van der Waals surface area contributed by atoms with Crippen LogP contribution in [0.2, 0.25) is 0 Å². The Balaban J connectivity index is 3.16. The Labute approximate surface area is 185 Å². The molecule has 0 fully saturated rings. The van der Waals surface area contributed by atoms with E-state index in [0.717, 1.165) is 6.92 Å². The quantitative estimate of drug-likeness (QED) is 0.376. The lowest BCUT2D eigenvalue weighted by Gasteiger charge is -2.26. The van der Waals surface area contributed by atoms with Gasteiger partial charge in [0.15, 0.2) is 0 Å². The largest absolute Gasteiger partial charge is 0.466 e. The minimum Gasteiger partial charge on any atom is -0.466 e. The Morgan fingerprint density at radius 3 is 2.19 bits per heavy atom. The molecule has 0 radical (unpaired) electrons. The second kappa shape index (κ2) is 13.0. The van der Waals surface area contributed by atoms with Crippen LogP contribution in [0.3, 0.4) is 0 Å². The fourth-order valence-electron chi connectivity index (χ4n) is 2.95. The summed E-state index contributed by atoms with van der Waals surface area (Å²) in [5.41, 5.74) is 5.53. The van der Waals surface area contributed by atoms with Gasteiger partial charge in [-0.2, -0.15) is 0 Å². The van der Waals surface area contributed by atoms with Crippen LogP contribution in [0.25, 0.3) is 0 Å². The number of amides is 3. The number of nitrogens with two attached hydrogens (primary N) is 1. The fraction of sp³-hybridized carbons (Fsp3) is 0.476. The molecule has 0 aliphatic heterocycles. The first-order valence-electron chi connectivity index (χ1n) is 10.0. The van der Waals surface area contributed by atoms with Gasteiger partial charge in [0, 0.05) is 13.3 Å². The number of halogens is 1. The van der Waals surface area contributed by atoms with Gasteiger partial charge in [-0.1, -0.05) is 18.2 Å². The van der Waals surface area contributed by atoms with Crippen LogP contribution in [-0.4, -0.2) is 55.0 Å². The van der Waals surface area contributed by atoms with Crippen molar-refractivity contribution in [2.75, 3.05) is 13.2 Å². The van der Waals surface area contributed by atoms with E-state index in [4.69, 9.17) is 15.2 Å². The van der Waals surface area contributed by atoms with Crippen molar-refractivity contribution >= 4 is 29.7 Å². The van der Waals surface area contributed by atoms with E-state index in [-0.39, 0.29) is 25.2 Å². The van der Waals surface area contributed by atoms with Gasteiger partial charge < -0.3 is 25.8 Å². The summed E-state index contributed by atoms with van der Waals surface area (Å²) in [4.78, 5) is 60.9. The number of esters is 2. The Bertz CT molecular complexity index is 846. The molecule has 0 aromatic heterocycles. The molecule has 32 heavy (non-hydrogen) atoms. The summed E-state index contributed by atoms with van der Waals surface area (Å²) in [6.07, 6.45) is -0.801. The van der Waals surface area contributed by atoms with E-state index in [1.165, 1.54) is 25.1 Å². The van der Waals surface area contributed by atoms with E-state index >= 15 is 0 Å². The molecule has 0 heterocycles. The Hall–Kier alpha value is -3.50. The highest BCUT2D eigenvalue weighted by Crippen LogP contribution is 2.15. The van der Waals surface area contributed by atoms with Crippen LogP contribution in [0.15, 0.2) is 24.3 Å². The number of hydrogen-bond donors (Lipinski definition) is 3. The van der Waals surface area contributed by atoms with Gasteiger partial charge >= 0.3 is 11.9 Å². The average molecular weight is 453 g/mol. The first-order chi connectivity index (χ1) is 15.1. The second-order valence-electron chi connectivity index (χ2n) is 6.80. The average Bonchev–Trinajstić information content (AvgIpc) is 2.71. The van der Waals surface area contributed by atoms with Crippen molar-refractivity contribution in [3.63, 3.8) is 0 Å². The number of carbonyl (C=O) groups excluding carboxylic acids is 5. The topological polar surface area (TPSA) is 154 Å². The lowest BCUT2D eigenvalue weighted by molar-refractivity contribution is -0.157. The number of nitrogens with one attached hydrogen (secondary N) is 2. The third kappa shape index (κ3) is 8.32. The molecule has 1 aromatic rings. The molecule has 0 spiro atoms. The van der Waals surface area contributed by atoms with E-state index in [9.17, 15) is 28.4 Å². The third-order valence-corrected chi connectivity index (χ3v) is 4.36. The SMILES string of the molecule is CCOC(=O)C[C@@H](C(=O)OCC)[C@@H](NC(=O)[C@@H](Cc1ccccc1F)NC(C)=O)C(N)=O. The number of ether oxygens (including phenoxy) is 2. The van der Waals surface area contributed by atoms with Crippen LogP contribution in [-0.2, 0) is 39.9 Å². The molecular weight excluding hydrogens is 425 g/mol. The van der Waals surface area contributed by atoms with Gasteiger partial charge in [-0.05, 0) is 25.5 Å². The molecule has 3 amide bonds. The zero-order chi connectivity index (χ0) is 24.3. The molecule has 4 N–H and O–H groups in total. The molecule has 0 saturated carbocycles. The molecule has 11 heteroatoms. The number of benzene rings is 1. The van der Waals surface area contributed by atoms with Crippen molar-refractivity contribution in [3.8, 4) is 0 Å². The summed E-state index contributed by atoms with van der Waals surface area (Å²) in [7, 11) is 0. The van der Waals surface area contributed by atoms with Crippen LogP contribution in [0.5, 0.6) is 0 Å². The summed E-state index contributed by atoms with van der Waals surface area (Å²) >= 11 is 0. The Morgan fingerprint density at radius 1 is 1.03 bits per heavy atom. The van der Waals surface area contributed by atoms with Crippen molar-refractivity contribution < 1.29 is 37.8 Å². The second-order valence-corrected chi connectivity index (χ2v) is 6.80. The minimum atomic E-state index is -1.64. The standard InChI is InChI=1S/C21H28FN3O7/c1-4-31-17(27)11-14(21(30)32-5-2)18(19(23)28)25-20(29)16(24-12(3)26)10-13-8-6-7-9-15(13)22/h6-9,14,16,18H,4-5,10-11H2,1-3H3,(H2,23,28)(H,24,26)(H,25,29)/t14-,16-,18-/m1/s1.